The van der Waals surface area contributed by atoms with Crippen LogP contribution in [0.2, 0.25) is 0 Å². The summed E-state index contributed by atoms with van der Waals surface area (Å²) in [5.74, 6) is -0.833. The Kier molecular flexibility index (Phi) is 14.0. The number of carbonyl (C=O) groups is 1. The molecular weight excluding hydrogens is 135 g/mol. The molecule has 0 amide bonds. The van der Waals surface area contributed by atoms with E-state index in [9.17, 15) is 0 Å². The summed E-state index contributed by atoms with van der Waals surface area (Å²) in [7, 11) is 0. The summed E-state index contributed by atoms with van der Waals surface area (Å²) in [6.07, 6.45) is 0. The second-order valence-corrected chi connectivity index (χ2v) is 0.519. The van der Waals surface area contributed by atoms with E-state index >= 15 is 0 Å². The second-order valence-electron chi connectivity index (χ2n) is 0.519. The zero-order valence-electron chi connectivity index (χ0n) is 3.64. The van der Waals surface area contributed by atoms with E-state index in [2.05, 4.69) is 4.48 Å². The predicted octanol–water partition coefficient (Wildman–Crippen LogP) is -0.502. The Balaban J connectivity index is 0. The standard InChI is InChI=1S/C2H4O2.H2N.Zn/c1-2(3)4;;/h1H3,(H,3,4);1H2;/q;-1;+1. The maximum atomic E-state index is 9.00. The number of hydrogen-bond donors (Lipinski definition) is 2. The van der Waals surface area contributed by atoms with Gasteiger partial charge in [-0.2, -0.15) is 0 Å². The number of carboxylic acids is 1. The van der Waals surface area contributed by atoms with E-state index in [-0.39, 0.29) is 0 Å². The van der Waals surface area contributed by atoms with E-state index in [0.29, 0.717) is 0 Å². The minimum atomic E-state index is -0.833. The average molecular weight is 141 g/mol. The van der Waals surface area contributed by atoms with Crippen LogP contribution in [0.4, 0.5) is 0 Å². The van der Waals surface area contributed by atoms with Crippen molar-refractivity contribution in [1.82, 2.24) is 0 Å². The Morgan fingerprint density at radius 1 is 1.83 bits per heavy atom. The van der Waals surface area contributed by atoms with Crippen molar-refractivity contribution in [1.29, 1.82) is 0 Å². The van der Waals surface area contributed by atoms with Gasteiger partial charge in [-0.15, -0.1) is 0 Å². The third kappa shape index (κ3) is 13300. The number of hydrogen-bond acceptors (Lipinski definition) is 2. The van der Waals surface area contributed by atoms with Crippen molar-refractivity contribution in [3.63, 3.8) is 0 Å². The summed E-state index contributed by atoms with van der Waals surface area (Å²) < 4.78 is 4.62. The van der Waals surface area contributed by atoms with Crippen LogP contribution < -0.4 is 4.48 Å². The monoisotopic (exact) mass is 140 g/mol. The van der Waals surface area contributed by atoms with Crippen molar-refractivity contribution < 1.29 is 28.4 Å². The minimum absolute atomic E-state index is 0.833. The van der Waals surface area contributed by atoms with E-state index in [4.69, 9.17) is 9.90 Å². The van der Waals surface area contributed by atoms with Crippen LogP contribution in [-0.4, -0.2) is 11.1 Å². The fourth-order valence-electron chi connectivity index (χ4n) is 0. The van der Waals surface area contributed by atoms with E-state index in [1.807, 2.05) is 0 Å². The van der Waals surface area contributed by atoms with Crippen molar-refractivity contribution in [2.45, 2.75) is 6.92 Å². The molecule has 0 saturated heterocycles. The van der Waals surface area contributed by atoms with Crippen LogP contribution in [0.1, 0.15) is 6.92 Å². The van der Waals surface area contributed by atoms with Crippen molar-refractivity contribution >= 4 is 5.97 Å². The summed E-state index contributed by atoms with van der Waals surface area (Å²) >= 11 is 0.875. The van der Waals surface area contributed by atoms with Crippen molar-refractivity contribution in [2.75, 3.05) is 0 Å². The van der Waals surface area contributed by atoms with Gasteiger partial charge in [0.2, 0.25) is 0 Å². The molecule has 0 heterocycles. The molecule has 3 nitrogen and oxygen atoms in total. The van der Waals surface area contributed by atoms with Gasteiger partial charge in [-0.3, -0.25) is 4.79 Å². The molecule has 0 aliphatic heterocycles. The van der Waals surface area contributed by atoms with Gasteiger partial charge in [-0.05, 0) is 0 Å². The summed E-state index contributed by atoms with van der Waals surface area (Å²) in [5.41, 5.74) is 0. The van der Waals surface area contributed by atoms with Crippen LogP contribution >= 0.6 is 0 Å². The first-order chi connectivity index (χ1) is 2.73. The first kappa shape index (κ1) is 9.41. The molecule has 0 aromatic heterocycles. The molecule has 0 bridgehead atoms. The summed E-state index contributed by atoms with van der Waals surface area (Å²) in [5, 5.41) is 7.42. The van der Waals surface area contributed by atoms with Gasteiger partial charge in [-0.1, -0.05) is 0 Å². The first-order valence-electron chi connectivity index (χ1n) is 1.34. The van der Waals surface area contributed by atoms with Crippen molar-refractivity contribution in [3.8, 4) is 0 Å². The molecule has 0 rings (SSSR count). The van der Waals surface area contributed by atoms with Gasteiger partial charge in [0.05, 0.1) is 0 Å². The molecule has 0 aliphatic carbocycles. The van der Waals surface area contributed by atoms with E-state index in [1.165, 1.54) is 0 Å². The molecule has 0 saturated carbocycles. The van der Waals surface area contributed by atoms with Crippen LogP contribution in [0.25, 0.3) is 0 Å². The molecule has 0 fully saturated rings. The van der Waals surface area contributed by atoms with Crippen LogP contribution in [0, 0.1) is 0 Å². The maximum absolute atomic E-state index is 9.00. The normalized spacial score (nSPS) is 5.33. The molecule has 3 N–H and O–H groups in total. The Hall–Kier alpha value is 0.0534. The fraction of sp³-hybridized carbons (Fsp3) is 0.500. The molecule has 0 spiro atoms. The molecule has 4 heteroatoms. The number of nitrogens with two attached hydrogens (primary N) is 1. The Labute approximate surface area is 46.5 Å². The summed E-state index contributed by atoms with van der Waals surface area (Å²) in [4.78, 5) is 9.00. The van der Waals surface area contributed by atoms with Gasteiger partial charge < -0.3 is 5.11 Å². The molecule has 0 unspecified atom stereocenters. The average Bonchev–Trinajstić information content (AvgIpc) is 1.41. The second kappa shape index (κ2) is 8.91. The van der Waals surface area contributed by atoms with Crippen LogP contribution in [0.3, 0.4) is 0 Å². The number of rotatable bonds is 0. The SMILES string of the molecule is CC(=O)O.[NH2][Zn]. The third-order valence-corrected chi connectivity index (χ3v) is 0. The molecule has 0 aromatic rings. The van der Waals surface area contributed by atoms with Gasteiger partial charge in [0, 0.05) is 6.92 Å². The molecule has 0 radical (unpaired) electrons. The first-order valence-corrected chi connectivity index (χ1v) is 3.05. The summed E-state index contributed by atoms with van der Waals surface area (Å²) in [6, 6.07) is 0. The molecule has 0 atom stereocenters. The van der Waals surface area contributed by atoms with Crippen LogP contribution in [0.5, 0.6) is 0 Å². The summed E-state index contributed by atoms with van der Waals surface area (Å²) in [6.45, 7) is 1.08. The van der Waals surface area contributed by atoms with Gasteiger partial charge >= 0.3 is 23.0 Å². The zero-order chi connectivity index (χ0) is 5.58. The predicted molar refractivity (Wildman–Crippen MR) is 17.5 cm³/mol. The van der Waals surface area contributed by atoms with Gasteiger partial charge in [0.1, 0.15) is 0 Å². The molecule has 33 valence electrons. The van der Waals surface area contributed by atoms with Gasteiger partial charge in [0.15, 0.2) is 0 Å². The number of carboxylic acid groups (broad SMARTS) is 1. The fourth-order valence-corrected chi connectivity index (χ4v) is 0. The molecular formula is C2H6NO2Zn. The van der Waals surface area contributed by atoms with E-state index in [1.54, 1.807) is 0 Å². The van der Waals surface area contributed by atoms with Crippen LogP contribution in [-0.2, 0) is 23.3 Å². The molecule has 0 aliphatic rings. The Morgan fingerprint density at radius 3 is 1.83 bits per heavy atom. The third-order valence-electron chi connectivity index (χ3n) is 0. The zero-order valence-corrected chi connectivity index (χ0v) is 6.61. The van der Waals surface area contributed by atoms with Gasteiger partial charge in [-0.25, -0.2) is 0 Å². The molecule has 6 heavy (non-hydrogen) atoms. The topological polar surface area (TPSA) is 63.3 Å². The quantitative estimate of drug-likeness (QED) is 0.447. The Morgan fingerprint density at radius 2 is 1.83 bits per heavy atom. The van der Waals surface area contributed by atoms with E-state index < -0.39 is 5.97 Å². The van der Waals surface area contributed by atoms with Gasteiger partial charge in [0.25, 0.3) is 5.97 Å². The molecule has 0 aromatic carbocycles. The van der Waals surface area contributed by atoms with Crippen molar-refractivity contribution in [3.05, 3.63) is 0 Å². The van der Waals surface area contributed by atoms with E-state index in [0.717, 1.165) is 25.5 Å². The Bertz CT molecular complexity index is 34.5. The number of aliphatic carboxylic acids is 1. The van der Waals surface area contributed by atoms with Crippen LogP contribution in [0.15, 0.2) is 0 Å². The van der Waals surface area contributed by atoms with Crippen molar-refractivity contribution in [2.24, 2.45) is 4.48 Å².